The molecule has 1 aromatic carbocycles. The van der Waals surface area contributed by atoms with Gasteiger partial charge in [0.1, 0.15) is 6.17 Å². The minimum atomic E-state index is -0.488. The Morgan fingerprint density at radius 1 is 1.17 bits per heavy atom. The SMILES string of the molecule is CC#CCn1c(N(C)CC(C)(C)N)nc2c1c(=O)n(CC1N=C(C)c3ccccc3N1C)c(=O)n2C. The summed E-state index contributed by atoms with van der Waals surface area (Å²) in [6.07, 6.45) is -0.408. The van der Waals surface area contributed by atoms with Crippen LogP contribution in [0.2, 0.25) is 0 Å². The largest absolute Gasteiger partial charge is 0.351 e. The van der Waals surface area contributed by atoms with Crippen molar-refractivity contribution in [3.05, 3.63) is 50.7 Å². The first-order chi connectivity index (χ1) is 16.9. The van der Waals surface area contributed by atoms with Gasteiger partial charge in [-0.05, 0) is 33.8 Å². The van der Waals surface area contributed by atoms with Crippen molar-refractivity contribution >= 4 is 28.5 Å². The lowest BCUT2D eigenvalue weighted by molar-refractivity contribution is 0.503. The Morgan fingerprint density at radius 3 is 2.53 bits per heavy atom. The summed E-state index contributed by atoms with van der Waals surface area (Å²) >= 11 is 0. The van der Waals surface area contributed by atoms with E-state index in [9.17, 15) is 9.59 Å². The number of benzene rings is 1. The molecular formula is C26H34N8O2. The van der Waals surface area contributed by atoms with Crippen molar-refractivity contribution in [1.82, 2.24) is 18.7 Å². The van der Waals surface area contributed by atoms with Crippen LogP contribution in [0.3, 0.4) is 0 Å². The lowest BCUT2D eigenvalue weighted by Gasteiger charge is -2.33. The number of likely N-dealkylation sites (N-methyl/N-ethyl adjacent to an activating group) is 2. The molecule has 10 nitrogen and oxygen atoms in total. The van der Waals surface area contributed by atoms with Gasteiger partial charge in [0.15, 0.2) is 11.2 Å². The molecular weight excluding hydrogens is 456 g/mol. The topological polar surface area (TPSA) is 107 Å². The van der Waals surface area contributed by atoms with E-state index in [2.05, 4.69) is 11.8 Å². The van der Waals surface area contributed by atoms with Gasteiger partial charge in [0.25, 0.3) is 5.56 Å². The van der Waals surface area contributed by atoms with Crippen molar-refractivity contribution in [2.75, 3.05) is 30.4 Å². The van der Waals surface area contributed by atoms with Crippen LogP contribution >= 0.6 is 0 Å². The van der Waals surface area contributed by atoms with E-state index in [-0.39, 0.29) is 13.1 Å². The highest BCUT2D eigenvalue weighted by Gasteiger charge is 2.28. The van der Waals surface area contributed by atoms with Gasteiger partial charge < -0.3 is 15.5 Å². The van der Waals surface area contributed by atoms with Crippen molar-refractivity contribution < 1.29 is 0 Å². The summed E-state index contributed by atoms with van der Waals surface area (Å²) in [6.45, 7) is 8.41. The van der Waals surface area contributed by atoms with Crippen LogP contribution in [-0.2, 0) is 20.1 Å². The molecule has 10 heteroatoms. The zero-order valence-electron chi connectivity index (χ0n) is 22.0. The molecule has 36 heavy (non-hydrogen) atoms. The number of aromatic nitrogens is 4. The normalized spacial score (nSPS) is 15.4. The van der Waals surface area contributed by atoms with E-state index in [1.807, 2.05) is 68.9 Å². The van der Waals surface area contributed by atoms with Gasteiger partial charge in [-0.15, -0.1) is 5.92 Å². The Labute approximate surface area is 210 Å². The Kier molecular flexibility index (Phi) is 6.54. The summed E-state index contributed by atoms with van der Waals surface area (Å²) in [5, 5.41) is 0. The number of aryl methyl sites for hydroxylation is 1. The van der Waals surface area contributed by atoms with Gasteiger partial charge in [0.2, 0.25) is 5.95 Å². The molecule has 2 N–H and O–H groups in total. The second kappa shape index (κ2) is 9.32. The number of nitrogens with two attached hydrogens (primary N) is 1. The van der Waals surface area contributed by atoms with Crippen LogP contribution in [0.4, 0.5) is 11.6 Å². The third-order valence-electron chi connectivity index (χ3n) is 6.42. The molecule has 3 aromatic rings. The second-order valence-electron chi connectivity index (χ2n) is 10.0. The number of para-hydroxylation sites is 1. The Balaban J connectivity index is 1.87. The van der Waals surface area contributed by atoms with Crippen molar-refractivity contribution in [2.24, 2.45) is 17.8 Å². The maximum atomic E-state index is 13.8. The minimum absolute atomic E-state index is 0.106. The maximum absolute atomic E-state index is 13.8. The average molecular weight is 491 g/mol. The van der Waals surface area contributed by atoms with E-state index < -0.39 is 23.0 Å². The summed E-state index contributed by atoms with van der Waals surface area (Å²) < 4.78 is 4.44. The molecule has 0 saturated carbocycles. The number of hydrogen-bond acceptors (Lipinski definition) is 7. The van der Waals surface area contributed by atoms with Crippen molar-refractivity contribution in [1.29, 1.82) is 0 Å². The first-order valence-electron chi connectivity index (χ1n) is 11.9. The Bertz CT molecular complexity index is 1520. The highest BCUT2D eigenvalue weighted by molar-refractivity contribution is 6.05. The third kappa shape index (κ3) is 4.42. The van der Waals surface area contributed by atoms with Crippen molar-refractivity contribution in [3.63, 3.8) is 0 Å². The van der Waals surface area contributed by atoms with E-state index in [1.165, 1.54) is 9.13 Å². The molecule has 4 rings (SSSR count). The molecule has 0 radical (unpaired) electrons. The Hall–Kier alpha value is -3.84. The van der Waals surface area contributed by atoms with Crippen molar-refractivity contribution in [2.45, 2.75) is 52.5 Å². The lowest BCUT2D eigenvalue weighted by Crippen LogP contribution is -2.46. The number of anilines is 2. The van der Waals surface area contributed by atoms with E-state index in [0.717, 1.165) is 17.0 Å². The number of nitrogens with zero attached hydrogens (tertiary/aromatic N) is 7. The van der Waals surface area contributed by atoms with Gasteiger partial charge in [-0.25, -0.2) is 4.79 Å². The number of hydrogen-bond donors (Lipinski definition) is 1. The van der Waals surface area contributed by atoms with Crippen LogP contribution in [0, 0.1) is 11.8 Å². The first-order valence-corrected chi connectivity index (χ1v) is 11.9. The highest BCUT2D eigenvalue weighted by Crippen LogP contribution is 2.27. The zero-order valence-corrected chi connectivity index (χ0v) is 22.0. The van der Waals surface area contributed by atoms with E-state index in [1.54, 1.807) is 18.5 Å². The standard InChI is InChI=1S/C26H34N8O2/c1-8-9-14-33-21-22(29-24(33)30(5)16-26(3,4)27)32(7)25(36)34(23(21)35)15-20-28-17(2)18-12-10-11-13-19(18)31(20)6/h10-13,20H,14-16,27H2,1-7H3. The van der Waals surface area contributed by atoms with E-state index in [4.69, 9.17) is 15.7 Å². The molecule has 1 aliphatic rings. The molecule has 1 aliphatic heterocycles. The molecule has 2 aromatic heterocycles. The fraction of sp³-hybridized carbons (Fsp3) is 0.462. The number of fused-ring (bicyclic) bond motifs is 2. The van der Waals surface area contributed by atoms with Gasteiger partial charge in [-0.2, -0.15) is 4.98 Å². The quantitative estimate of drug-likeness (QED) is 0.523. The third-order valence-corrected chi connectivity index (χ3v) is 6.42. The lowest BCUT2D eigenvalue weighted by atomic mass is 10.1. The predicted octanol–water partition coefficient (Wildman–Crippen LogP) is 1.38. The second-order valence-corrected chi connectivity index (χ2v) is 10.0. The van der Waals surface area contributed by atoms with Crippen LogP contribution in [-0.4, -0.2) is 56.7 Å². The van der Waals surface area contributed by atoms with Gasteiger partial charge in [-0.3, -0.25) is 23.5 Å². The molecule has 190 valence electrons. The van der Waals surface area contributed by atoms with Gasteiger partial charge in [0.05, 0.1) is 13.1 Å². The first kappa shape index (κ1) is 25.3. The fourth-order valence-corrected chi connectivity index (χ4v) is 4.76. The molecule has 0 amide bonds. The summed E-state index contributed by atoms with van der Waals surface area (Å²) in [4.78, 5) is 40.6. The van der Waals surface area contributed by atoms with Gasteiger partial charge >= 0.3 is 5.69 Å². The van der Waals surface area contributed by atoms with Gasteiger partial charge in [-0.1, -0.05) is 24.1 Å². The molecule has 0 aliphatic carbocycles. The molecule has 0 bridgehead atoms. The van der Waals surface area contributed by atoms with Crippen LogP contribution in [0.1, 0.15) is 33.3 Å². The molecule has 0 spiro atoms. The number of imidazole rings is 1. The predicted molar refractivity (Wildman–Crippen MR) is 145 cm³/mol. The van der Waals surface area contributed by atoms with E-state index >= 15 is 0 Å². The van der Waals surface area contributed by atoms with Crippen LogP contribution in [0.25, 0.3) is 11.2 Å². The maximum Gasteiger partial charge on any atom is 0.332 e. The molecule has 0 saturated heterocycles. The highest BCUT2D eigenvalue weighted by atomic mass is 16.2. The summed E-state index contributed by atoms with van der Waals surface area (Å²) in [7, 11) is 5.43. The minimum Gasteiger partial charge on any atom is -0.351 e. The monoisotopic (exact) mass is 490 g/mol. The average Bonchev–Trinajstić information content (AvgIpc) is 3.21. The number of rotatable bonds is 6. The van der Waals surface area contributed by atoms with Gasteiger partial charge in [0, 0.05) is 50.2 Å². The van der Waals surface area contributed by atoms with Crippen molar-refractivity contribution in [3.8, 4) is 11.8 Å². The van der Waals surface area contributed by atoms with Crippen LogP contribution in [0.15, 0.2) is 38.8 Å². The molecule has 0 fully saturated rings. The van der Waals surface area contributed by atoms with Crippen LogP contribution in [0.5, 0.6) is 0 Å². The van der Waals surface area contributed by atoms with E-state index in [0.29, 0.717) is 23.7 Å². The smallest absolute Gasteiger partial charge is 0.332 e. The number of aliphatic imine (C=N–C) groups is 1. The Morgan fingerprint density at radius 2 is 1.86 bits per heavy atom. The molecule has 1 unspecified atom stereocenters. The molecule has 3 heterocycles. The van der Waals surface area contributed by atoms with Crippen LogP contribution < -0.4 is 26.8 Å². The summed E-state index contributed by atoms with van der Waals surface area (Å²) in [5.41, 5.74) is 8.48. The zero-order chi connectivity index (χ0) is 26.4. The molecule has 1 atom stereocenters. The summed E-state index contributed by atoms with van der Waals surface area (Å²) in [6, 6.07) is 7.98. The summed E-state index contributed by atoms with van der Waals surface area (Å²) in [5.74, 6) is 6.46. The fourth-order valence-electron chi connectivity index (χ4n) is 4.76.